The number of para-hydroxylation sites is 1. The van der Waals surface area contributed by atoms with Gasteiger partial charge < -0.3 is 14.6 Å². The van der Waals surface area contributed by atoms with Gasteiger partial charge in [-0.05, 0) is 38.0 Å². The molecular weight excluding hydrogens is 340 g/mol. The smallest absolute Gasteiger partial charge is 0.341 e. The van der Waals surface area contributed by atoms with Gasteiger partial charge in [0.15, 0.2) is 6.61 Å². The van der Waals surface area contributed by atoms with Crippen LogP contribution in [0.4, 0.5) is 0 Å². The van der Waals surface area contributed by atoms with E-state index in [1.165, 1.54) is 5.56 Å². The molecule has 0 unspecified atom stereocenters. The maximum Gasteiger partial charge on any atom is 0.341 e. The summed E-state index contributed by atoms with van der Waals surface area (Å²) in [5.41, 5.74) is 5.50. The van der Waals surface area contributed by atoms with Gasteiger partial charge in [0.2, 0.25) is 0 Å². The van der Waals surface area contributed by atoms with Crippen molar-refractivity contribution in [2.24, 2.45) is 0 Å². The summed E-state index contributed by atoms with van der Waals surface area (Å²) in [4.78, 5) is 29.6. The monoisotopic (exact) mass is 364 g/mol. The lowest BCUT2D eigenvalue weighted by molar-refractivity contribution is -0.133. The van der Waals surface area contributed by atoms with Crippen molar-refractivity contribution in [2.75, 3.05) is 13.7 Å². The molecule has 3 rings (SSSR count). The molecule has 0 saturated heterocycles. The Labute approximate surface area is 158 Å². The number of carbonyl (C=O) groups excluding carboxylic acids is 2. The van der Waals surface area contributed by atoms with Crippen LogP contribution < -0.4 is 0 Å². The molecule has 1 heterocycles. The number of hydrogen-bond donors (Lipinski definition) is 1. The molecule has 2 aromatic carbocycles. The highest BCUT2D eigenvalue weighted by Crippen LogP contribution is 2.22. The third kappa shape index (κ3) is 4.03. The van der Waals surface area contributed by atoms with Crippen LogP contribution in [0.15, 0.2) is 42.5 Å². The predicted octanol–water partition coefficient (Wildman–Crippen LogP) is 3.91. The number of nitrogens with one attached hydrogen (secondary N) is 1. The van der Waals surface area contributed by atoms with E-state index in [2.05, 4.69) is 11.1 Å². The number of aromatic nitrogens is 1. The van der Waals surface area contributed by atoms with Gasteiger partial charge in [-0.1, -0.05) is 42.0 Å². The summed E-state index contributed by atoms with van der Waals surface area (Å²) >= 11 is 0. The van der Waals surface area contributed by atoms with Crippen molar-refractivity contribution in [3.63, 3.8) is 0 Å². The molecule has 140 valence electrons. The highest BCUT2D eigenvalue weighted by atomic mass is 16.5. The van der Waals surface area contributed by atoms with Crippen molar-refractivity contribution in [1.82, 2.24) is 9.88 Å². The van der Waals surface area contributed by atoms with Gasteiger partial charge in [-0.3, -0.25) is 4.79 Å². The highest BCUT2D eigenvalue weighted by Gasteiger charge is 2.19. The van der Waals surface area contributed by atoms with E-state index in [0.717, 1.165) is 27.7 Å². The maximum atomic E-state index is 12.5. The number of amides is 1. The number of ether oxygens (including phenoxy) is 1. The molecule has 0 radical (unpaired) electrons. The number of carbonyl (C=O) groups is 2. The molecule has 1 N–H and O–H groups in total. The van der Waals surface area contributed by atoms with Gasteiger partial charge in [-0.15, -0.1) is 0 Å². The zero-order chi connectivity index (χ0) is 19.6. The lowest BCUT2D eigenvalue weighted by Crippen LogP contribution is -2.31. The first-order chi connectivity index (χ1) is 12.9. The Morgan fingerprint density at radius 3 is 2.56 bits per heavy atom. The summed E-state index contributed by atoms with van der Waals surface area (Å²) < 4.78 is 5.30. The molecule has 0 aliphatic rings. The van der Waals surface area contributed by atoms with Crippen molar-refractivity contribution in [1.29, 1.82) is 0 Å². The number of esters is 1. The van der Waals surface area contributed by atoms with E-state index in [4.69, 9.17) is 4.74 Å². The van der Waals surface area contributed by atoms with Gasteiger partial charge >= 0.3 is 5.97 Å². The topological polar surface area (TPSA) is 62.4 Å². The van der Waals surface area contributed by atoms with Crippen LogP contribution in [0.2, 0.25) is 0 Å². The Balaban J connectivity index is 1.64. The molecule has 0 aliphatic carbocycles. The summed E-state index contributed by atoms with van der Waals surface area (Å²) in [6, 6.07) is 13.7. The van der Waals surface area contributed by atoms with Crippen LogP contribution in [0.3, 0.4) is 0 Å². The van der Waals surface area contributed by atoms with Crippen LogP contribution in [0, 0.1) is 20.8 Å². The molecule has 0 aliphatic heterocycles. The molecular formula is C22H24N2O3. The number of hydrogen-bond acceptors (Lipinski definition) is 3. The second-order valence-corrected chi connectivity index (χ2v) is 6.93. The Kier molecular flexibility index (Phi) is 5.31. The number of nitrogens with zero attached hydrogens (tertiary/aromatic N) is 1. The Morgan fingerprint density at radius 1 is 1.07 bits per heavy atom. The summed E-state index contributed by atoms with van der Waals surface area (Å²) in [5, 5.41) is 0.802. The van der Waals surface area contributed by atoms with Gasteiger partial charge in [-0.2, -0.15) is 0 Å². The highest BCUT2D eigenvalue weighted by molar-refractivity contribution is 6.06. The molecule has 3 aromatic rings. The van der Waals surface area contributed by atoms with Crippen LogP contribution in [-0.4, -0.2) is 35.4 Å². The zero-order valence-corrected chi connectivity index (χ0v) is 16.1. The summed E-state index contributed by atoms with van der Waals surface area (Å²) in [6.07, 6.45) is 0. The van der Waals surface area contributed by atoms with Gasteiger partial charge in [0.25, 0.3) is 5.91 Å². The first kappa shape index (κ1) is 18.7. The minimum absolute atomic E-state index is 0.235. The van der Waals surface area contributed by atoms with Crippen molar-refractivity contribution in [3.05, 3.63) is 70.4 Å². The average Bonchev–Trinajstić information content (AvgIpc) is 2.97. The number of aryl methyl sites for hydroxylation is 3. The minimum Gasteiger partial charge on any atom is -0.452 e. The fourth-order valence-electron chi connectivity index (χ4n) is 3.22. The molecule has 5 nitrogen and oxygen atoms in total. The summed E-state index contributed by atoms with van der Waals surface area (Å²) in [6.45, 7) is 6.09. The largest absolute Gasteiger partial charge is 0.452 e. The first-order valence-corrected chi connectivity index (χ1v) is 8.91. The van der Waals surface area contributed by atoms with Gasteiger partial charge in [0.05, 0.1) is 5.56 Å². The van der Waals surface area contributed by atoms with E-state index in [0.29, 0.717) is 12.1 Å². The van der Waals surface area contributed by atoms with Gasteiger partial charge in [-0.25, -0.2) is 4.79 Å². The van der Waals surface area contributed by atoms with Crippen molar-refractivity contribution < 1.29 is 14.3 Å². The summed E-state index contributed by atoms with van der Waals surface area (Å²) in [7, 11) is 1.71. The number of benzene rings is 2. The average molecular weight is 364 g/mol. The Morgan fingerprint density at radius 2 is 1.81 bits per heavy atom. The van der Waals surface area contributed by atoms with Crippen molar-refractivity contribution >= 4 is 22.8 Å². The molecule has 27 heavy (non-hydrogen) atoms. The quantitative estimate of drug-likeness (QED) is 0.698. The van der Waals surface area contributed by atoms with Crippen LogP contribution in [0.1, 0.15) is 32.7 Å². The standard InChI is InChI=1S/C22H24N2O3/c1-14-9-10-17(15(2)11-14)12-24(4)20(25)13-27-22(26)21-16(3)23-19-8-6-5-7-18(19)21/h5-11,23H,12-13H2,1-4H3. The molecule has 1 amide bonds. The first-order valence-electron chi connectivity index (χ1n) is 8.91. The van der Waals surface area contributed by atoms with E-state index in [1.807, 2.05) is 57.2 Å². The van der Waals surface area contributed by atoms with Crippen molar-refractivity contribution in [3.8, 4) is 0 Å². The lowest BCUT2D eigenvalue weighted by atomic mass is 10.1. The van der Waals surface area contributed by atoms with E-state index in [-0.39, 0.29) is 12.5 Å². The van der Waals surface area contributed by atoms with E-state index in [9.17, 15) is 9.59 Å². The minimum atomic E-state index is -0.488. The van der Waals surface area contributed by atoms with Gasteiger partial charge in [0, 0.05) is 30.2 Å². The number of H-pyrrole nitrogens is 1. The lowest BCUT2D eigenvalue weighted by Gasteiger charge is -2.18. The molecule has 0 spiro atoms. The van der Waals surface area contributed by atoms with Crippen LogP contribution >= 0.6 is 0 Å². The number of fused-ring (bicyclic) bond motifs is 1. The normalized spacial score (nSPS) is 10.8. The molecule has 0 saturated carbocycles. The fraction of sp³-hybridized carbons (Fsp3) is 0.273. The van der Waals surface area contributed by atoms with E-state index < -0.39 is 5.97 Å². The molecule has 1 aromatic heterocycles. The number of likely N-dealkylation sites (N-methyl/N-ethyl adjacent to an activating group) is 1. The third-order valence-electron chi connectivity index (χ3n) is 4.76. The SMILES string of the molecule is Cc1ccc(CN(C)C(=O)COC(=O)c2c(C)[nH]c3ccccc23)c(C)c1. The fourth-order valence-corrected chi connectivity index (χ4v) is 3.22. The van der Waals surface area contributed by atoms with Crippen LogP contribution in [0.5, 0.6) is 0 Å². The zero-order valence-electron chi connectivity index (χ0n) is 16.1. The number of aromatic amines is 1. The predicted molar refractivity (Wildman–Crippen MR) is 106 cm³/mol. The Bertz CT molecular complexity index is 1000. The van der Waals surface area contributed by atoms with Crippen LogP contribution in [0.25, 0.3) is 10.9 Å². The third-order valence-corrected chi connectivity index (χ3v) is 4.76. The van der Waals surface area contributed by atoms with Crippen LogP contribution in [-0.2, 0) is 16.1 Å². The van der Waals surface area contributed by atoms with Crippen molar-refractivity contribution in [2.45, 2.75) is 27.3 Å². The van der Waals surface area contributed by atoms with E-state index >= 15 is 0 Å². The number of rotatable bonds is 5. The summed E-state index contributed by atoms with van der Waals surface area (Å²) in [5.74, 6) is -0.723. The Hall–Kier alpha value is -3.08. The maximum absolute atomic E-state index is 12.5. The molecule has 5 heteroatoms. The molecule has 0 bridgehead atoms. The second kappa shape index (κ2) is 7.66. The van der Waals surface area contributed by atoms with E-state index in [1.54, 1.807) is 11.9 Å². The molecule has 0 atom stereocenters. The molecule has 0 fully saturated rings. The van der Waals surface area contributed by atoms with Gasteiger partial charge in [0.1, 0.15) is 0 Å². The second-order valence-electron chi connectivity index (χ2n) is 6.93.